The molecule has 0 bridgehead atoms. The molecule has 1 aliphatic heterocycles. The van der Waals surface area contributed by atoms with Crippen LogP contribution in [0.15, 0.2) is 0 Å². The van der Waals surface area contributed by atoms with Crippen LogP contribution < -0.4 is 5.32 Å². The number of nitrogens with zero attached hydrogens (tertiary/aromatic N) is 1. The predicted molar refractivity (Wildman–Crippen MR) is 69.7 cm³/mol. The van der Waals surface area contributed by atoms with E-state index in [1.807, 2.05) is 6.92 Å². The van der Waals surface area contributed by atoms with E-state index in [1.165, 1.54) is 16.7 Å². The van der Waals surface area contributed by atoms with Crippen molar-refractivity contribution in [3.63, 3.8) is 0 Å². The fourth-order valence-electron chi connectivity index (χ4n) is 1.84. The van der Waals surface area contributed by atoms with Crippen LogP contribution in [0.4, 0.5) is 4.79 Å². The van der Waals surface area contributed by atoms with Gasteiger partial charge >= 0.3 is 12.0 Å². The molecule has 1 aliphatic rings. The number of ether oxygens (including phenoxy) is 1. The largest absolute Gasteiger partial charge is 0.480 e. The van der Waals surface area contributed by atoms with Crippen molar-refractivity contribution in [3.05, 3.63) is 0 Å². The molecule has 0 saturated carbocycles. The van der Waals surface area contributed by atoms with Crippen LogP contribution in [0.1, 0.15) is 19.8 Å². The number of carboxylic acids is 1. The second-order valence-electron chi connectivity index (χ2n) is 4.04. The summed E-state index contributed by atoms with van der Waals surface area (Å²) in [6, 6.07) is -1.02. The number of hydrogen-bond acceptors (Lipinski definition) is 4. The van der Waals surface area contributed by atoms with Gasteiger partial charge in [0.2, 0.25) is 0 Å². The molecule has 0 radical (unpaired) electrons. The Balaban J connectivity index is 2.52. The molecule has 1 fully saturated rings. The van der Waals surface area contributed by atoms with Crippen LogP contribution in [0.2, 0.25) is 0 Å². The van der Waals surface area contributed by atoms with E-state index in [-0.39, 0.29) is 11.4 Å². The third-order valence-corrected chi connectivity index (χ3v) is 4.22. The van der Waals surface area contributed by atoms with Gasteiger partial charge in [-0.05, 0) is 12.8 Å². The Morgan fingerprint density at radius 1 is 1.56 bits per heavy atom. The van der Waals surface area contributed by atoms with E-state index in [1.54, 1.807) is 7.11 Å². The normalized spacial score (nSPS) is 23.1. The predicted octanol–water partition coefficient (Wildman–Crippen LogP) is 0.971. The number of nitrogens with one attached hydrogen (secondary N) is 1. The molecular weight excluding hydrogens is 256 g/mol. The van der Waals surface area contributed by atoms with Gasteiger partial charge in [0, 0.05) is 26.0 Å². The Morgan fingerprint density at radius 2 is 2.28 bits per heavy atom. The summed E-state index contributed by atoms with van der Waals surface area (Å²) in [5, 5.41) is 11.8. The molecule has 0 spiro atoms. The zero-order valence-corrected chi connectivity index (χ0v) is 11.5. The SMILES string of the molecule is CCC1SCC(C(=O)O)N1C(=O)NCCCOC. The summed E-state index contributed by atoms with van der Waals surface area (Å²) in [6.07, 6.45) is 1.47. The first kappa shape index (κ1) is 15.1. The van der Waals surface area contributed by atoms with Crippen molar-refractivity contribution < 1.29 is 19.4 Å². The maximum atomic E-state index is 12.0. The van der Waals surface area contributed by atoms with Gasteiger partial charge in [-0.2, -0.15) is 0 Å². The maximum Gasteiger partial charge on any atom is 0.327 e. The van der Waals surface area contributed by atoms with Gasteiger partial charge in [0.15, 0.2) is 0 Å². The average Bonchev–Trinajstić information content (AvgIpc) is 2.78. The van der Waals surface area contributed by atoms with Crippen molar-refractivity contribution >= 4 is 23.8 Å². The first-order chi connectivity index (χ1) is 8.61. The summed E-state index contributed by atoms with van der Waals surface area (Å²) in [5.74, 6) is -0.482. The van der Waals surface area contributed by atoms with Crippen LogP contribution in [0.25, 0.3) is 0 Å². The first-order valence-corrected chi connectivity index (χ1v) is 7.06. The minimum absolute atomic E-state index is 0.0477. The fourth-order valence-corrected chi connectivity index (χ4v) is 3.19. The van der Waals surface area contributed by atoms with E-state index >= 15 is 0 Å². The zero-order chi connectivity index (χ0) is 13.5. The lowest BCUT2D eigenvalue weighted by Crippen LogP contribution is -2.50. The molecule has 6 nitrogen and oxygen atoms in total. The van der Waals surface area contributed by atoms with Gasteiger partial charge in [0.1, 0.15) is 6.04 Å². The van der Waals surface area contributed by atoms with Crippen molar-refractivity contribution in [3.8, 4) is 0 Å². The zero-order valence-electron chi connectivity index (χ0n) is 10.7. The standard InChI is InChI=1S/C11H20N2O4S/c1-3-9-13(8(7-18-9)10(14)15)11(16)12-5-4-6-17-2/h8-9H,3-7H2,1-2H3,(H,12,16)(H,14,15). The Bertz CT molecular complexity index is 301. The highest BCUT2D eigenvalue weighted by Gasteiger charge is 2.40. The lowest BCUT2D eigenvalue weighted by atomic mass is 10.3. The average molecular weight is 276 g/mol. The summed E-state index contributed by atoms with van der Waals surface area (Å²) >= 11 is 1.52. The van der Waals surface area contributed by atoms with Gasteiger partial charge in [-0.3, -0.25) is 4.90 Å². The van der Waals surface area contributed by atoms with Gasteiger partial charge in [0.05, 0.1) is 5.37 Å². The molecule has 2 N–H and O–H groups in total. The number of carboxylic acid groups (broad SMARTS) is 1. The minimum Gasteiger partial charge on any atom is -0.480 e. The molecule has 2 atom stereocenters. The minimum atomic E-state index is -0.939. The highest BCUT2D eigenvalue weighted by atomic mass is 32.2. The third kappa shape index (κ3) is 3.78. The monoisotopic (exact) mass is 276 g/mol. The van der Waals surface area contributed by atoms with Crippen molar-refractivity contribution in [1.82, 2.24) is 10.2 Å². The third-order valence-electron chi connectivity index (χ3n) is 2.76. The Morgan fingerprint density at radius 3 is 2.83 bits per heavy atom. The number of thioether (sulfide) groups is 1. The van der Waals surface area contributed by atoms with E-state index in [9.17, 15) is 9.59 Å². The summed E-state index contributed by atoms with van der Waals surface area (Å²) < 4.78 is 4.89. The second-order valence-corrected chi connectivity index (χ2v) is 5.25. The number of urea groups is 1. The van der Waals surface area contributed by atoms with E-state index in [4.69, 9.17) is 9.84 Å². The van der Waals surface area contributed by atoms with Crippen LogP contribution in [0, 0.1) is 0 Å². The number of carbonyl (C=O) groups is 2. The second kappa shape index (κ2) is 7.48. The summed E-state index contributed by atoms with van der Waals surface area (Å²) in [6.45, 7) is 3.03. The topological polar surface area (TPSA) is 78.9 Å². The molecular formula is C11H20N2O4S. The highest BCUT2D eigenvalue weighted by molar-refractivity contribution is 8.00. The number of methoxy groups -OCH3 is 1. The van der Waals surface area contributed by atoms with Crippen LogP contribution in [0.5, 0.6) is 0 Å². The van der Waals surface area contributed by atoms with Crippen LogP contribution >= 0.6 is 11.8 Å². The molecule has 7 heteroatoms. The smallest absolute Gasteiger partial charge is 0.327 e. The molecule has 1 rings (SSSR count). The molecule has 0 aromatic heterocycles. The number of rotatable bonds is 6. The van der Waals surface area contributed by atoms with E-state index in [0.29, 0.717) is 18.9 Å². The van der Waals surface area contributed by atoms with Crippen molar-refractivity contribution in [2.45, 2.75) is 31.2 Å². The number of hydrogen-bond donors (Lipinski definition) is 2. The van der Waals surface area contributed by atoms with Crippen LogP contribution in [-0.2, 0) is 9.53 Å². The molecule has 0 aromatic carbocycles. The molecule has 0 aliphatic carbocycles. The molecule has 1 heterocycles. The van der Waals surface area contributed by atoms with Gasteiger partial charge in [-0.1, -0.05) is 6.92 Å². The summed E-state index contributed by atoms with van der Waals surface area (Å²) in [4.78, 5) is 24.5. The quantitative estimate of drug-likeness (QED) is 0.707. The molecule has 0 aromatic rings. The number of amides is 2. The fraction of sp³-hybridized carbons (Fsp3) is 0.818. The van der Waals surface area contributed by atoms with E-state index in [2.05, 4.69) is 5.32 Å². The van der Waals surface area contributed by atoms with E-state index in [0.717, 1.165) is 12.8 Å². The molecule has 2 unspecified atom stereocenters. The lowest BCUT2D eigenvalue weighted by Gasteiger charge is -2.26. The van der Waals surface area contributed by atoms with Crippen LogP contribution in [0.3, 0.4) is 0 Å². The molecule has 18 heavy (non-hydrogen) atoms. The van der Waals surface area contributed by atoms with Gasteiger partial charge < -0.3 is 15.2 Å². The number of carbonyl (C=O) groups excluding carboxylic acids is 1. The van der Waals surface area contributed by atoms with Gasteiger partial charge in [-0.15, -0.1) is 11.8 Å². The van der Waals surface area contributed by atoms with E-state index < -0.39 is 12.0 Å². The molecule has 1 saturated heterocycles. The highest BCUT2D eigenvalue weighted by Crippen LogP contribution is 2.31. The van der Waals surface area contributed by atoms with Crippen molar-refractivity contribution in [2.24, 2.45) is 0 Å². The van der Waals surface area contributed by atoms with Crippen LogP contribution in [-0.4, -0.2) is 59.4 Å². The van der Waals surface area contributed by atoms with Gasteiger partial charge in [-0.25, -0.2) is 9.59 Å². The summed E-state index contributed by atoms with van der Waals surface area (Å²) in [7, 11) is 1.60. The molecule has 104 valence electrons. The van der Waals surface area contributed by atoms with Crippen molar-refractivity contribution in [2.75, 3.05) is 26.0 Å². The number of aliphatic carboxylic acids is 1. The van der Waals surface area contributed by atoms with Gasteiger partial charge in [0.25, 0.3) is 0 Å². The lowest BCUT2D eigenvalue weighted by molar-refractivity contribution is -0.141. The Kier molecular flexibility index (Phi) is 6.28. The Hall–Kier alpha value is -0.950. The first-order valence-electron chi connectivity index (χ1n) is 6.01. The summed E-state index contributed by atoms with van der Waals surface area (Å²) in [5.41, 5.74) is 0. The molecule has 2 amide bonds. The maximum absolute atomic E-state index is 12.0. The Labute approximate surface area is 111 Å². The van der Waals surface area contributed by atoms with Crippen molar-refractivity contribution in [1.29, 1.82) is 0 Å².